The average Bonchev–Trinajstić information content (AvgIpc) is 2.72. The standard InChI is InChI=1S/C5H10S2.C3H8.2C2H6S2/c1-2-4-6-7-5-3-1;1-3-2;2*1-3-4-2/h1-5H2;3H2,1-2H3;2*1-2H3. The minimum atomic E-state index is 1.25. The predicted octanol–water partition coefficient (Wildman–Crippen LogP) is 7.22. The van der Waals surface area contributed by atoms with Crippen LogP contribution in [-0.4, -0.2) is 36.5 Å². The molecule has 114 valence electrons. The molecule has 0 aromatic heterocycles. The van der Waals surface area contributed by atoms with Crippen LogP contribution in [0.4, 0.5) is 0 Å². The van der Waals surface area contributed by atoms with E-state index in [2.05, 4.69) is 38.9 Å². The maximum absolute atomic E-state index is 2.12. The van der Waals surface area contributed by atoms with E-state index in [4.69, 9.17) is 0 Å². The van der Waals surface area contributed by atoms with Gasteiger partial charge in [0.1, 0.15) is 0 Å². The molecule has 0 aliphatic carbocycles. The Kier molecular flexibility index (Phi) is 43.8. The molecular weight excluding hydrogens is 337 g/mol. The van der Waals surface area contributed by atoms with Crippen LogP contribution in [0, 0.1) is 0 Å². The lowest BCUT2D eigenvalue weighted by molar-refractivity contribution is 0.791. The average molecular weight is 367 g/mol. The molecule has 0 aromatic rings. The Morgan fingerprint density at radius 1 is 0.667 bits per heavy atom. The molecule has 0 aromatic carbocycles. The summed E-state index contributed by atoms with van der Waals surface area (Å²) in [6.45, 7) is 4.25. The van der Waals surface area contributed by atoms with E-state index >= 15 is 0 Å². The Bertz CT molecular complexity index is 74.9. The lowest BCUT2D eigenvalue weighted by Gasteiger charge is -1.86. The third-order valence-electron chi connectivity index (χ3n) is 1.37. The molecule has 1 aliphatic rings. The Hall–Kier alpha value is 2.10. The smallest absolute Gasteiger partial charge is 0.00369 e. The second-order valence-electron chi connectivity index (χ2n) is 3.08. The van der Waals surface area contributed by atoms with Gasteiger partial charge in [0.05, 0.1) is 0 Å². The molecule has 0 spiro atoms. The quantitative estimate of drug-likeness (QED) is 0.469. The topological polar surface area (TPSA) is 0 Å². The van der Waals surface area contributed by atoms with Gasteiger partial charge in [0.15, 0.2) is 0 Å². The molecule has 1 fully saturated rings. The molecule has 0 nitrogen and oxygen atoms in total. The maximum atomic E-state index is 2.12. The van der Waals surface area contributed by atoms with E-state index in [0.29, 0.717) is 0 Å². The molecule has 0 N–H and O–H groups in total. The van der Waals surface area contributed by atoms with Crippen LogP contribution in [0.1, 0.15) is 39.5 Å². The van der Waals surface area contributed by atoms with Gasteiger partial charge in [-0.1, -0.05) is 91.5 Å². The summed E-state index contributed by atoms with van der Waals surface area (Å²) in [5.74, 6) is 2.76. The van der Waals surface area contributed by atoms with Crippen molar-refractivity contribution in [3.8, 4) is 0 Å². The van der Waals surface area contributed by atoms with Gasteiger partial charge in [-0.2, -0.15) is 0 Å². The second-order valence-corrected chi connectivity index (χ2v) is 11.1. The van der Waals surface area contributed by atoms with E-state index in [1.54, 1.807) is 43.2 Å². The highest BCUT2D eigenvalue weighted by molar-refractivity contribution is 8.77. The van der Waals surface area contributed by atoms with Gasteiger partial charge in [-0.15, -0.1) is 0 Å². The molecule has 1 rings (SSSR count). The minimum absolute atomic E-state index is 1.25. The summed E-state index contributed by atoms with van der Waals surface area (Å²) in [6, 6.07) is 0. The van der Waals surface area contributed by atoms with Gasteiger partial charge in [0.25, 0.3) is 0 Å². The van der Waals surface area contributed by atoms with Crippen LogP contribution in [0.3, 0.4) is 0 Å². The zero-order chi connectivity index (χ0) is 14.5. The lowest BCUT2D eigenvalue weighted by Crippen LogP contribution is -1.73. The number of hydrogen-bond acceptors (Lipinski definition) is 6. The fraction of sp³-hybridized carbons (Fsp3) is 1.00. The van der Waals surface area contributed by atoms with Crippen molar-refractivity contribution >= 4 is 64.8 Å². The van der Waals surface area contributed by atoms with Crippen LogP contribution in [0.2, 0.25) is 0 Å². The van der Waals surface area contributed by atoms with Crippen LogP contribution in [0.15, 0.2) is 0 Å². The van der Waals surface area contributed by atoms with Crippen molar-refractivity contribution in [3.05, 3.63) is 0 Å². The van der Waals surface area contributed by atoms with Crippen LogP contribution >= 0.6 is 64.8 Å². The van der Waals surface area contributed by atoms with Crippen molar-refractivity contribution in [2.45, 2.75) is 39.5 Å². The summed E-state index contributed by atoms with van der Waals surface area (Å²) >= 11 is 0. The zero-order valence-corrected chi connectivity index (χ0v) is 17.6. The summed E-state index contributed by atoms with van der Waals surface area (Å²) < 4.78 is 0. The van der Waals surface area contributed by atoms with E-state index in [0.717, 1.165) is 0 Å². The van der Waals surface area contributed by atoms with Crippen molar-refractivity contribution in [2.75, 3.05) is 36.5 Å². The van der Waals surface area contributed by atoms with Crippen LogP contribution in [-0.2, 0) is 0 Å². The Balaban J connectivity index is -0.000000180. The molecule has 0 radical (unpaired) electrons. The van der Waals surface area contributed by atoms with Gasteiger partial charge < -0.3 is 0 Å². The van der Waals surface area contributed by atoms with Gasteiger partial charge in [-0.05, 0) is 37.9 Å². The van der Waals surface area contributed by atoms with E-state index in [-0.39, 0.29) is 0 Å². The Labute approximate surface area is 140 Å². The molecule has 1 heterocycles. The van der Waals surface area contributed by atoms with Crippen molar-refractivity contribution < 1.29 is 0 Å². The Morgan fingerprint density at radius 3 is 1.17 bits per heavy atom. The predicted molar refractivity (Wildman–Crippen MR) is 109 cm³/mol. The second kappa shape index (κ2) is 31.5. The van der Waals surface area contributed by atoms with Crippen molar-refractivity contribution in [1.29, 1.82) is 0 Å². The summed E-state index contributed by atoms with van der Waals surface area (Å²) in [6.07, 6.45) is 13.8. The summed E-state index contributed by atoms with van der Waals surface area (Å²) in [5.41, 5.74) is 0. The van der Waals surface area contributed by atoms with Crippen molar-refractivity contribution in [1.82, 2.24) is 0 Å². The molecular formula is C12H30S6. The van der Waals surface area contributed by atoms with Crippen LogP contribution in [0.25, 0.3) is 0 Å². The highest BCUT2D eigenvalue weighted by Crippen LogP contribution is 2.27. The highest BCUT2D eigenvalue weighted by Gasteiger charge is 1.96. The molecule has 0 atom stereocenters. The van der Waals surface area contributed by atoms with Crippen LogP contribution < -0.4 is 0 Å². The summed E-state index contributed by atoms with van der Waals surface area (Å²) in [7, 11) is 11.2. The summed E-state index contributed by atoms with van der Waals surface area (Å²) in [4.78, 5) is 0. The molecule has 1 saturated heterocycles. The maximum Gasteiger partial charge on any atom is 0.00369 e. The Morgan fingerprint density at radius 2 is 0.944 bits per heavy atom. The van der Waals surface area contributed by atoms with Crippen molar-refractivity contribution in [2.24, 2.45) is 0 Å². The molecule has 18 heavy (non-hydrogen) atoms. The fourth-order valence-corrected chi connectivity index (χ4v) is 2.91. The normalized spacial score (nSPS) is 13.7. The first-order valence-electron chi connectivity index (χ1n) is 6.12. The fourth-order valence-electron chi connectivity index (χ4n) is 0.617. The first kappa shape index (κ1) is 25.1. The monoisotopic (exact) mass is 366 g/mol. The van der Waals surface area contributed by atoms with Gasteiger partial charge in [-0.25, -0.2) is 0 Å². The number of hydrogen-bond donors (Lipinski definition) is 0. The van der Waals surface area contributed by atoms with Gasteiger partial charge in [0, 0.05) is 11.5 Å². The third kappa shape index (κ3) is 43.0. The summed E-state index contributed by atoms with van der Waals surface area (Å²) in [5, 5.41) is 0. The molecule has 1 aliphatic heterocycles. The van der Waals surface area contributed by atoms with Crippen molar-refractivity contribution in [3.63, 3.8) is 0 Å². The van der Waals surface area contributed by atoms with E-state index in [1.165, 1.54) is 37.2 Å². The molecule has 6 heteroatoms. The molecule has 0 unspecified atom stereocenters. The minimum Gasteiger partial charge on any atom is -0.0979 e. The van der Waals surface area contributed by atoms with E-state index in [1.807, 2.05) is 21.6 Å². The van der Waals surface area contributed by atoms with E-state index in [9.17, 15) is 0 Å². The van der Waals surface area contributed by atoms with Gasteiger partial charge >= 0.3 is 0 Å². The van der Waals surface area contributed by atoms with Crippen LogP contribution in [0.5, 0.6) is 0 Å². The largest absolute Gasteiger partial charge is 0.0979 e. The molecule has 0 saturated carbocycles. The van der Waals surface area contributed by atoms with E-state index < -0.39 is 0 Å². The molecule has 0 amide bonds. The highest BCUT2D eigenvalue weighted by atomic mass is 33.1. The SMILES string of the molecule is C1CCSSCC1.CCC.CSSC.CSSC. The number of rotatable bonds is 2. The lowest BCUT2D eigenvalue weighted by atomic mass is 10.3. The third-order valence-corrected chi connectivity index (χ3v) is 6.62. The first-order valence-corrected chi connectivity index (χ1v) is 14.5. The van der Waals surface area contributed by atoms with Gasteiger partial charge in [0.2, 0.25) is 0 Å². The molecule has 0 bridgehead atoms. The zero-order valence-electron chi connectivity index (χ0n) is 12.7. The van der Waals surface area contributed by atoms with Gasteiger partial charge in [-0.3, -0.25) is 0 Å². The first-order chi connectivity index (χ1) is 8.74.